The number of tetrazole rings is 1. The van der Waals surface area contributed by atoms with Gasteiger partial charge in [0, 0.05) is 6.07 Å². The first kappa shape index (κ1) is 14.1. The minimum Gasteiger partial charge on any atom is -0.360 e. The standard InChI is InChI=1S/C12H16N6O2S/c1-7-5-10(15-20-7)13-12(19)8(2)21-6-11-14-16-17-18(11)9-3-4-9/h5,8-9H,3-4,6H2,1-2H3,(H,13,15,19). The van der Waals surface area contributed by atoms with Crippen LogP contribution in [0.4, 0.5) is 5.82 Å². The van der Waals surface area contributed by atoms with Gasteiger partial charge in [-0.2, -0.15) is 0 Å². The highest BCUT2D eigenvalue weighted by Crippen LogP contribution is 2.35. The summed E-state index contributed by atoms with van der Waals surface area (Å²) in [5.74, 6) is 2.41. The molecule has 2 aromatic heterocycles. The number of amides is 1. The zero-order valence-corrected chi connectivity index (χ0v) is 12.6. The van der Waals surface area contributed by atoms with Crippen molar-refractivity contribution in [3.05, 3.63) is 17.7 Å². The Labute approximate surface area is 125 Å². The maximum atomic E-state index is 12.0. The average molecular weight is 308 g/mol. The largest absolute Gasteiger partial charge is 0.360 e. The van der Waals surface area contributed by atoms with E-state index in [0.717, 1.165) is 18.7 Å². The van der Waals surface area contributed by atoms with Gasteiger partial charge in [-0.15, -0.1) is 16.9 Å². The summed E-state index contributed by atoms with van der Waals surface area (Å²) >= 11 is 1.49. The van der Waals surface area contributed by atoms with Crippen molar-refractivity contribution in [3.8, 4) is 0 Å². The summed E-state index contributed by atoms with van der Waals surface area (Å²) in [6.45, 7) is 3.62. The number of thioether (sulfide) groups is 1. The summed E-state index contributed by atoms with van der Waals surface area (Å²) in [4.78, 5) is 12.0. The van der Waals surface area contributed by atoms with Crippen molar-refractivity contribution in [2.24, 2.45) is 0 Å². The summed E-state index contributed by atoms with van der Waals surface area (Å²) < 4.78 is 6.77. The van der Waals surface area contributed by atoms with Crippen LogP contribution in [0.5, 0.6) is 0 Å². The molecule has 8 nitrogen and oxygen atoms in total. The van der Waals surface area contributed by atoms with Crippen LogP contribution >= 0.6 is 11.8 Å². The smallest absolute Gasteiger partial charge is 0.238 e. The number of nitrogens with one attached hydrogen (secondary N) is 1. The Morgan fingerprint density at radius 1 is 1.62 bits per heavy atom. The van der Waals surface area contributed by atoms with Crippen LogP contribution in [-0.4, -0.2) is 36.5 Å². The molecular weight excluding hydrogens is 292 g/mol. The molecule has 1 unspecified atom stereocenters. The van der Waals surface area contributed by atoms with Crippen LogP contribution in [-0.2, 0) is 10.5 Å². The second kappa shape index (κ2) is 5.84. The quantitative estimate of drug-likeness (QED) is 0.864. The lowest BCUT2D eigenvalue weighted by molar-refractivity contribution is -0.115. The van der Waals surface area contributed by atoms with Crippen LogP contribution in [0.2, 0.25) is 0 Å². The number of hydrogen-bond acceptors (Lipinski definition) is 7. The van der Waals surface area contributed by atoms with Gasteiger partial charge in [-0.1, -0.05) is 5.16 Å². The molecule has 21 heavy (non-hydrogen) atoms. The molecule has 0 bridgehead atoms. The molecule has 9 heteroatoms. The van der Waals surface area contributed by atoms with E-state index in [1.165, 1.54) is 11.8 Å². The molecule has 2 aromatic rings. The first-order valence-corrected chi connectivity index (χ1v) is 7.81. The van der Waals surface area contributed by atoms with Crippen molar-refractivity contribution in [2.45, 2.75) is 43.7 Å². The van der Waals surface area contributed by atoms with Crippen molar-refractivity contribution < 1.29 is 9.32 Å². The van der Waals surface area contributed by atoms with E-state index in [9.17, 15) is 4.79 Å². The third-order valence-corrected chi connectivity index (χ3v) is 4.30. The number of nitrogens with zero attached hydrogens (tertiary/aromatic N) is 5. The van der Waals surface area contributed by atoms with E-state index in [1.54, 1.807) is 13.0 Å². The van der Waals surface area contributed by atoms with Crippen LogP contribution in [0, 0.1) is 6.92 Å². The normalized spacial score (nSPS) is 15.9. The Bertz CT molecular complexity index is 635. The van der Waals surface area contributed by atoms with E-state index in [2.05, 4.69) is 26.0 Å². The fraction of sp³-hybridized carbons (Fsp3) is 0.583. The van der Waals surface area contributed by atoms with Gasteiger partial charge in [-0.3, -0.25) is 4.79 Å². The van der Waals surface area contributed by atoms with E-state index in [-0.39, 0.29) is 11.2 Å². The molecule has 0 aromatic carbocycles. The lowest BCUT2D eigenvalue weighted by Gasteiger charge is -2.10. The average Bonchev–Trinajstić information content (AvgIpc) is 3.06. The van der Waals surface area contributed by atoms with Crippen LogP contribution in [0.25, 0.3) is 0 Å². The maximum absolute atomic E-state index is 12.0. The van der Waals surface area contributed by atoms with Gasteiger partial charge in [0.05, 0.1) is 17.0 Å². The van der Waals surface area contributed by atoms with Gasteiger partial charge in [-0.05, 0) is 37.1 Å². The van der Waals surface area contributed by atoms with Crippen molar-refractivity contribution >= 4 is 23.5 Å². The van der Waals surface area contributed by atoms with E-state index in [4.69, 9.17) is 4.52 Å². The highest BCUT2D eigenvalue weighted by Gasteiger charge is 2.28. The van der Waals surface area contributed by atoms with Crippen LogP contribution in [0.3, 0.4) is 0 Å². The van der Waals surface area contributed by atoms with Crippen molar-refractivity contribution in [3.63, 3.8) is 0 Å². The Kier molecular flexibility index (Phi) is 3.91. The Morgan fingerprint density at radius 3 is 3.10 bits per heavy atom. The first-order chi connectivity index (χ1) is 10.1. The molecule has 1 N–H and O–H groups in total. The molecule has 1 atom stereocenters. The molecule has 112 valence electrons. The summed E-state index contributed by atoms with van der Waals surface area (Å²) in [5.41, 5.74) is 0. The van der Waals surface area contributed by atoms with Gasteiger partial charge in [0.15, 0.2) is 11.6 Å². The van der Waals surface area contributed by atoms with Crippen molar-refractivity contribution in [1.82, 2.24) is 25.4 Å². The van der Waals surface area contributed by atoms with Gasteiger partial charge >= 0.3 is 0 Å². The second-order valence-corrected chi connectivity index (χ2v) is 6.37. The number of aryl methyl sites for hydroxylation is 1. The molecule has 1 saturated carbocycles. The molecule has 1 aliphatic rings. The summed E-state index contributed by atoms with van der Waals surface area (Å²) in [6.07, 6.45) is 2.26. The molecule has 0 saturated heterocycles. The highest BCUT2D eigenvalue weighted by atomic mass is 32.2. The monoisotopic (exact) mass is 308 g/mol. The number of carbonyl (C=O) groups is 1. The summed E-state index contributed by atoms with van der Waals surface area (Å²) in [6, 6.07) is 2.13. The summed E-state index contributed by atoms with van der Waals surface area (Å²) in [7, 11) is 0. The zero-order chi connectivity index (χ0) is 14.8. The second-order valence-electron chi connectivity index (χ2n) is 5.04. The highest BCUT2D eigenvalue weighted by molar-refractivity contribution is 7.99. The predicted molar refractivity (Wildman–Crippen MR) is 76.7 cm³/mol. The minimum absolute atomic E-state index is 0.112. The Morgan fingerprint density at radius 2 is 2.43 bits per heavy atom. The molecule has 0 radical (unpaired) electrons. The minimum atomic E-state index is -0.230. The van der Waals surface area contributed by atoms with Crippen LogP contribution < -0.4 is 5.32 Å². The van der Waals surface area contributed by atoms with Gasteiger partial charge in [-0.25, -0.2) is 4.68 Å². The molecule has 3 rings (SSSR count). The number of rotatable bonds is 6. The van der Waals surface area contributed by atoms with Gasteiger partial charge in [0.2, 0.25) is 5.91 Å². The third kappa shape index (κ3) is 3.41. The molecule has 0 spiro atoms. The number of aromatic nitrogens is 5. The van der Waals surface area contributed by atoms with Gasteiger partial charge in [0.1, 0.15) is 5.76 Å². The number of anilines is 1. The van der Waals surface area contributed by atoms with Crippen molar-refractivity contribution in [2.75, 3.05) is 5.32 Å². The fourth-order valence-electron chi connectivity index (χ4n) is 1.84. The van der Waals surface area contributed by atoms with Crippen LogP contribution in [0.15, 0.2) is 10.6 Å². The van der Waals surface area contributed by atoms with Gasteiger partial charge in [0.25, 0.3) is 0 Å². The lowest BCUT2D eigenvalue weighted by Crippen LogP contribution is -2.23. The third-order valence-electron chi connectivity index (χ3n) is 3.16. The van der Waals surface area contributed by atoms with E-state index in [0.29, 0.717) is 23.4 Å². The van der Waals surface area contributed by atoms with Gasteiger partial charge < -0.3 is 9.84 Å². The topological polar surface area (TPSA) is 98.7 Å². The maximum Gasteiger partial charge on any atom is 0.238 e. The fourth-order valence-corrected chi connectivity index (χ4v) is 2.64. The molecule has 0 aliphatic heterocycles. The van der Waals surface area contributed by atoms with Crippen LogP contribution in [0.1, 0.15) is 37.4 Å². The number of carbonyl (C=O) groups excluding carboxylic acids is 1. The molecule has 1 aliphatic carbocycles. The zero-order valence-electron chi connectivity index (χ0n) is 11.8. The molecule has 1 fully saturated rings. The molecule has 2 heterocycles. The van der Waals surface area contributed by atoms with Crippen molar-refractivity contribution in [1.29, 1.82) is 0 Å². The number of hydrogen-bond donors (Lipinski definition) is 1. The van der Waals surface area contributed by atoms with E-state index >= 15 is 0 Å². The van der Waals surface area contributed by atoms with E-state index in [1.807, 2.05) is 11.6 Å². The molecular formula is C12H16N6O2S. The van der Waals surface area contributed by atoms with E-state index < -0.39 is 0 Å². The molecule has 1 amide bonds. The SMILES string of the molecule is Cc1cc(NC(=O)C(C)SCc2nnnn2C2CC2)no1. The lowest BCUT2D eigenvalue weighted by atomic mass is 10.4. The Balaban J connectivity index is 1.52. The summed E-state index contributed by atoms with van der Waals surface area (Å²) in [5, 5.41) is 17.9. The Hall–Kier alpha value is -1.90. The first-order valence-electron chi connectivity index (χ1n) is 6.76. The predicted octanol–water partition coefficient (Wildman–Crippen LogP) is 1.56.